The van der Waals surface area contributed by atoms with Crippen LogP contribution >= 0.6 is 22.9 Å². The molecular weight excluding hydrogens is 355 g/mol. The van der Waals surface area contributed by atoms with Crippen molar-refractivity contribution < 1.29 is 18.0 Å². The monoisotopic (exact) mass is 361 g/mol. The van der Waals surface area contributed by atoms with Gasteiger partial charge in [-0.15, -0.1) is 10.2 Å². The number of carbonyl (C=O) groups excluding carboxylic acids is 1. The second kappa shape index (κ2) is 5.78. The summed E-state index contributed by atoms with van der Waals surface area (Å²) in [6.07, 6.45) is -4.65. The molecular formula is C12H7ClF3N5OS. The molecule has 0 spiro atoms. The summed E-state index contributed by atoms with van der Waals surface area (Å²) in [5.41, 5.74) is 0.271. The number of alkyl halides is 3. The average molecular weight is 362 g/mol. The van der Waals surface area contributed by atoms with Gasteiger partial charge in [0.2, 0.25) is 4.96 Å². The lowest BCUT2D eigenvalue weighted by Crippen LogP contribution is -2.23. The van der Waals surface area contributed by atoms with E-state index in [9.17, 15) is 18.0 Å². The van der Waals surface area contributed by atoms with Gasteiger partial charge in [-0.25, -0.2) is 0 Å². The number of halogens is 4. The van der Waals surface area contributed by atoms with Crippen molar-refractivity contribution >= 4 is 33.8 Å². The fourth-order valence-corrected chi connectivity index (χ4v) is 2.80. The predicted molar refractivity (Wildman–Crippen MR) is 76.3 cm³/mol. The van der Waals surface area contributed by atoms with E-state index in [1.165, 1.54) is 6.07 Å². The maximum Gasteiger partial charge on any atom is 0.453 e. The van der Waals surface area contributed by atoms with Crippen LogP contribution in [0.3, 0.4) is 0 Å². The summed E-state index contributed by atoms with van der Waals surface area (Å²) in [4.78, 5) is 12.0. The molecule has 11 heteroatoms. The second-order valence-corrected chi connectivity index (χ2v) is 5.82. The van der Waals surface area contributed by atoms with Crippen LogP contribution in [0, 0.1) is 0 Å². The molecule has 0 bridgehead atoms. The average Bonchev–Trinajstić information content (AvgIpc) is 3.03. The molecule has 0 radical (unpaired) electrons. The number of amides is 1. The molecule has 0 aliphatic rings. The van der Waals surface area contributed by atoms with Crippen LogP contribution in [-0.4, -0.2) is 25.7 Å². The Hall–Kier alpha value is -2.20. The number of rotatable bonds is 3. The third kappa shape index (κ3) is 3.13. The van der Waals surface area contributed by atoms with Gasteiger partial charge in [0.1, 0.15) is 5.01 Å². The zero-order chi connectivity index (χ0) is 16.6. The van der Waals surface area contributed by atoms with Crippen LogP contribution in [0.2, 0.25) is 5.02 Å². The van der Waals surface area contributed by atoms with Crippen LogP contribution in [-0.2, 0) is 12.7 Å². The van der Waals surface area contributed by atoms with Gasteiger partial charge < -0.3 is 5.32 Å². The number of nitrogens with one attached hydrogen (secondary N) is 1. The molecule has 0 saturated carbocycles. The normalized spacial score (nSPS) is 11.8. The van der Waals surface area contributed by atoms with Crippen molar-refractivity contribution in [1.29, 1.82) is 0 Å². The van der Waals surface area contributed by atoms with Crippen LogP contribution < -0.4 is 5.32 Å². The Morgan fingerprint density at radius 1 is 1.30 bits per heavy atom. The molecule has 1 aromatic carbocycles. The fourth-order valence-electron chi connectivity index (χ4n) is 1.80. The number of carbonyl (C=O) groups is 1. The zero-order valence-electron chi connectivity index (χ0n) is 11.1. The minimum absolute atomic E-state index is 0.000632. The first kappa shape index (κ1) is 15.7. The fraction of sp³-hybridized carbons (Fsp3) is 0.167. The lowest BCUT2D eigenvalue weighted by molar-refractivity contribution is -0.146. The van der Waals surface area contributed by atoms with E-state index in [1.807, 2.05) is 0 Å². The van der Waals surface area contributed by atoms with E-state index in [1.54, 1.807) is 18.2 Å². The van der Waals surface area contributed by atoms with E-state index in [0.29, 0.717) is 4.52 Å². The molecule has 2 heterocycles. The van der Waals surface area contributed by atoms with Gasteiger partial charge in [0.25, 0.3) is 11.7 Å². The smallest absolute Gasteiger partial charge is 0.345 e. The summed E-state index contributed by atoms with van der Waals surface area (Å²) >= 11 is 6.80. The van der Waals surface area contributed by atoms with Crippen molar-refractivity contribution in [3.05, 3.63) is 45.7 Å². The summed E-state index contributed by atoms with van der Waals surface area (Å²) in [6, 6.07) is 6.44. The third-order valence-corrected chi connectivity index (χ3v) is 4.03. The highest BCUT2D eigenvalue weighted by atomic mass is 35.5. The van der Waals surface area contributed by atoms with Crippen molar-refractivity contribution in [2.24, 2.45) is 0 Å². The van der Waals surface area contributed by atoms with Crippen LogP contribution in [0.5, 0.6) is 0 Å². The van der Waals surface area contributed by atoms with Gasteiger partial charge in [0.15, 0.2) is 0 Å². The number of fused-ring (bicyclic) bond motifs is 1. The van der Waals surface area contributed by atoms with Gasteiger partial charge in [-0.3, -0.25) is 4.79 Å². The number of hydrogen-bond donors (Lipinski definition) is 1. The minimum atomic E-state index is -4.65. The first-order chi connectivity index (χ1) is 10.9. The summed E-state index contributed by atoms with van der Waals surface area (Å²) < 4.78 is 38.7. The Morgan fingerprint density at radius 2 is 2.04 bits per heavy atom. The first-order valence-corrected chi connectivity index (χ1v) is 7.37. The molecule has 0 aliphatic carbocycles. The Balaban J connectivity index is 1.76. The molecule has 6 nitrogen and oxygen atoms in total. The minimum Gasteiger partial charge on any atom is -0.345 e. The van der Waals surface area contributed by atoms with E-state index >= 15 is 0 Å². The van der Waals surface area contributed by atoms with Gasteiger partial charge >= 0.3 is 6.18 Å². The van der Waals surface area contributed by atoms with Crippen molar-refractivity contribution in [3.8, 4) is 0 Å². The van der Waals surface area contributed by atoms with Crippen molar-refractivity contribution in [1.82, 2.24) is 25.1 Å². The highest BCUT2D eigenvalue weighted by Crippen LogP contribution is 2.28. The molecule has 23 heavy (non-hydrogen) atoms. The van der Waals surface area contributed by atoms with Gasteiger partial charge in [-0.05, 0) is 12.1 Å². The predicted octanol–water partition coefficient (Wildman–Crippen LogP) is 2.79. The molecule has 0 saturated heterocycles. The molecule has 2 aromatic heterocycles. The van der Waals surface area contributed by atoms with Crippen molar-refractivity contribution in [2.45, 2.75) is 12.7 Å². The van der Waals surface area contributed by atoms with Gasteiger partial charge in [-0.2, -0.15) is 22.8 Å². The van der Waals surface area contributed by atoms with Crippen LogP contribution in [0.4, 0.5) is 13.2 Å². The van der Waals surface area contributed by atoms with Crippen molar-refractivity contribution in [2.75, 3.05) is 0 Å². The summed E-state index contributed by atoms with van der Waals surface area (Å²) in [5.74, 6) is -1.65. The Bertz CT molecular complexity index is 875. The van der Waals surface area contributed by atoms with Crippen LogP contribution in [0.1, 0.15) is 21.2 Å². The van der Waals surface area contributed by atoms with E-state index in [0.717, 1.165) is 11.3 Å². The maximum absolute atomic E-state index is 12.7. The number of benzene rings is 1. The summed E-state index contributed by atoms with van der Waals surface area (Å²) in [7, 11) is 0. The van der Waals surface area contributed by atoms with E-state index in [4.69, 9.17) is 11.6 Å². The maximum atomic E-state index is 12.7. The molecule has 3 rings (SSSR count). The molecule has 120 valence electrons. The van der Waals surface area contributed by atoms with Crippen LogP contribution in [0.25, 0.3) is 4.96 Å². The first-order valence-electron chi connectivity index (χ1n) is 6.17. The molecule has 0 aliphatic heterocycles. The summed E-state index contributed by atoms with van der Waals surface area (Å²) in [5, 5.41) is 13.3. The van der Waals surface area contributed by atoms with Crippen molar-refractivity contribution in [3.63, 3.8) is 0 Å². The largest absolute Gasteiger partial charge is 0.453 e. The molecule has 0 atom stereocenters. The molecule has 0 unspecified atom stereocenters. The topological polar surface area (TPSA) is 72.2 Å². The number of aromatic nitrogens is 4. The lowest BCUT2D eigenvalue weighted by atomic mass is 10.2. The Kier molecular flexibility index (Phi) is 3.94. The van der Waals surface area contributed by atoms with Gasteiger partial charge in [0.05, 0.1) is 17.1 Å². The van der Waals surface area contributed by atoms with E-state index in [2.05, 4.69) is 20.6 Å². The third-order valence-electron chi connectivity index (χ3n) is 2.80. The molecule has 3 aromatic rings. The second-order valence-electron chi connectivity index (χ2n) is 4.37. The highest BCUT2D eigenvalue weighted by Gasteiger charge is 2.38. The standard InChI is InChI=1S/C12H7ClF3N5OS/c13-7-4-2-1-3-6(7)9(22)17-5-8-20-21-10(12(14,15)16)18-19-11(21)23-8/h1-4H,5H2,(H,17,22). The van der Waals surface area contributed by atoms with Gasteiger partial charge in [0, 0.05) is 0 Å². The molecule has 1 N–H and O–H groups in total. The molecule has 1 amide bonds. The SMILES string of the molecule is O=C(NCc1nn2c(C(F)(F)F)nnc2s1)c1ccccc1Cl. The lowest BCUT2D eigenvalue weighted by Gasteiger charge is -2.04. The summed E-state index contributed by atoms with van der Waals surface area (Å²) in [6.45, 7) is -0.0462. The zero-order valence-corrected chi connectivity index (χ0v) is 12.7. The quantitative estimate of drug-likeness (QED) is 0.778. The Morgan fingerprint density at radius 3 is 2.74 bits per heavy atom. The van der Waals surface area contributed by atoms with E-state index in [-0.39, 0.29) is 27.1 Å². The van der Waals surface area contributed by atoms with Gasteiger partial charge in [-0.1, -0.05) is 35.1 Å². The molecule has 0 fully saturated rings. The van der Waals surface area contributed by atoms with Crippen LogP contribution in [0.15, 0.2) is 24.3 Å². The highest BCUT2D eigenvalue weighted by molar-refractivity contribution is 7.16. The van der Waals surface area contributed by atoms with E-state index < -0.39 is 17.9 Å². The Labute approximate surface area is 135 Å². The number of hydrogen-bond acceptors (Lipinski definition) is 5. The number of nitrogens with zero attached hydrogens (tertiary/aromatic N) is 4.